The first kappa shape index (κ1) is 19.0. The number of aliphatic hydroxyl groups excluding tert-OH is 1. The van der Waals surface area contributed by atoms with E-state index in [1.165, 1.54) is 35.4 Å². The number of ketones is 1. The van der Waals surface area contributed by atoms with Crippen molar-refractivity contribution in [3.05, 3.63) is 100 Å². The number of Topliss-reactive ketones (excluding diaryl/α,β-unsaturated/α-hetero) is 1. The van der Waals surface area contributed by atoms with Crippen LogP contribution in [-0.2, 0) is 16.1 Å². The molecule has 3 aromatic rings. The van der Waals surface area contributed by atoms with Gasteiger partial charge in [0, 0.05) is 10.6 Å². The van der Waals surface area contributed by atoms with Crippen molar-refractivity contribution >= 4 is 29.1 Å². The highest BCUT2D eigenvalue weighted by molar-refractivity contribution is 6.46. The number of aliphatic hydroxyl groups is 1. The molecule has 1 aliphatic heterocycles. The number of rotatable bonds is 4. The lowest BCUT2D eigenvalue weighted by atomic mass is 9.95. The zero-order valence-electron chi connectivity index (χ0n) is 15.0. The zero-order chi connectivity index (χ0) is 20.5. The van der Waals surface area contributed by atoms with Crippen LogP contribution in [0.5, 0.6) is 0 Å². The van der Waals surface area contributed by atoms with Gasteiger partial charge >= 0.3 is 0 Å². The quantitative estimate of drug-likeness (QED) is 0.384. The zero-order valence-corrected chi connectivity index (χ0v) is 15.8. The molecule has 4 rings (SSSR count). The summed E-state index contributed by atoms with van der Waals surface area (Å²) in [5, 5.41) is 11.3. The largest absolute Gasteiger partial charge is 0.507 e. The molecular weight excluding hydrogens is 397 g/mol. The number of carbonyl (C=O) groups is 2. The number of benzene rings is 2. The minimum absolute atomic E-state index is 0.0367. The van der Waals surface area contributed by atoms with E-state index in [1.54, 1.807) is 36.4 Å². The minimum atomic E-state index is -0.871. The van der Waals surface area contributed by atoms with Crippen LogP contribution in [0.15, 0.2) is 76.9 Å². The highest BCUT2D eigenvalue weighted by atomic mass is 35.5. The number of nitrogens with zero attached hydrogens (tertiary/aromatic N) is 1. The molecule has 1 unspecified atom stereocenters. The second-order valence-electron chi connectivity index (χ2n) is 6.57. The van der Waals surface area contributed by atoms with E-state index in [2.05, 4.69) is 0 Å². The van der Waals surface area contributed by atoms with Crippen LogP contribution in [0.25, 0.3) is 5.76 Å². The standard InChI is InChI=1S/C22H15ClFNO4/c23-15-4-1-3-14(11-15)19-18(20(26)13-6-8-16(24)9-7-13)21(27)22(28)25(19)12-17-5-2-10-29-17/h1-11,19,26H,12H2/b20-18+. The van der Waals surface area contributed by atoms with Crippen LogP contribution < -0.4 is 0 Å². The molecule has 2 aromatic carbocycles. The highest BCUT2D eigenvalue weighted by Gasteiger charge is 2.46. The van der Waals surface area contributed by atoms with E-state index < -0.39 is 23.5 Å². The van der Waals surface area contributed by atoms with Gasteiger partial charge in [0.05, 0.1) is 24.4 Å². The number of hydrogen-bond donors (Lipinski definition) is 1. The van der Waals surface area contributed by atoms with Crippen molar-refractivity contribution in [3.63, 3.8) is 0 Å². The third kappa shape index (κ3) is 3.54. The van der Waals surface area contributed by atoms with Gasteiger partial charge in [0.1, 0.15) is 17.3 Å². The van der Waals surface area contributed by atoms with E-state index in [1.807, 2.05) is 0 Å². The molecule has 7 heteroatoms. The Morgan fingerprint density at radius 1 is 1.10 bits per heavy atom. The maximum absolute atomic E-state index is 13.3. The maximum atomic E-state index is 13.3. The fourth-order valence-corrected chi connectivity index (χ4v) is 3.60. The SMILES string of the molecule is O=C1C(=O)N(Cc2ccco2)C(c2cccc(Cl)c2)/C1=C(\O)c1ccc(F)cc1. The van der Waals surface area contributed by atoms with Gasteiger partial charge in [-0.1, -0.05) is 23.7 Å². The summed E-state index contributed by atoms with van der Waals surface area (Å²) >= 11 is 6.12. The van der Waals surface area contributed by atoms with Gasteiger partial charge in [-0.15, -0.1) is 0 Å². The van der Waals surface area contributed by atoms with Crippen molar-refractivity contribution < 1.29 is 23.5 Å². The van der Waals surface area contributed by atoms with Gasteiger partial charge in [-0.2, -0.15) is 0 Å². The molecule has 2 heterocycles. The molecule has 29 heavy (non-hydrogen) atoms. The number of likely N-dealkylation sites (tertiary alicyclic amines) is 1. The van der Waals surface area contributed by atoms with Crippen molar-refractivity contribution in [3.8, 4) is 0 Å². The molecule has 5 nitrogen and oxygen atoms in total. The summed E-state index contributed by atoms with van der Waals surface area (Å²) in [6.07, 6.45) is 1.47. The van der Waals surface area contributed by atoms with Gasteiger partial charge in [0.25, 0.3) is 11.7 Å². The van der Waals surface area contributed by atoms with Gasteiger partial charge in [0.2, 0.25) is 0 Å². The number of furan rings is 1. The monoisotopic (exact) mass is 411 g/mol. The van der Waals surface area contributed by atoms with Crippen LogP contribution in [-0.4, -0.2) is 21.7 Å². The van der Waals surface area contributed by atoms with Gasteiger partial charge in [-0.25, -0.2) is 4.39 Å². The third-order valence-electron chi connectivity index (χ3n) is 4.73. The van der Waals surface area contributed by atoms with Gasteiger partial charge in [-0.05, 0) is 54.1 Å². The number of amides is 1. The fraction of sp³-hybridized carbons (Fsp3) is 0.0909. The lowest BCUT2D eigenvalue weighted by molar-refractivity contribution is -0.140. The molecule has 1 amide bonds. The molecule has 1 aliphatic rings. The molecular formula is C22H15ClFNO4. The normalized spacial score (nSPS) is 18.4. The molecule has 1 aromatic heterocycles. The third-order valence-corrected chi connectivity index (χ3v) is 4.96. The number of hydrogen-bond acceptors (Lipinski definition) is 4. The summed E-state index contributed by atoms with van der Waals surface area (Å²) in [6, 6.07) is 14.2. The van der Waals surface area contributed by atoms with Crippen LogP contribution in [0, 0.1) is 5.82 Å². The van der Waals surface area contributed by atoms with Gasteiger partial charge < -0.3 is 14.4 Å². The maximum Gasteiger partial charge on any atom is 0.296 e. The van der Waals surface area contributed by atoms with Gasteiger partial charge in [-0.3, -0.25) is 9.59 Å². The van der Waals surface area contributed by atoms with Crippen LogP contribution in [0.2, 0.25) is 5.02 Å². The summed E-state index contributed by atoms with van der Waals surface area (Å²) in [5.41, 5.74) is 0.705. The van der Waals surface area contributed by atoms with Gasteiger partial charge in [0.15, 0.2) is 0 Å². The topological polar surface area (TPSA) is 70.8 Å². The minimum Gasteiger partial charge on any atom is -0.507 e. The Balaban J connectivity index is 1.87. The Morgan fingerprint density at radius 2 is 1.86 bits per heavy atom. The van der Waals surface area contributed by atoms with E-state index in [-0.39, 0.29) is 23.4 Å². The molecule has 0 spiro atoms. The Hall–Kier alpha value is -3.38. The Bertz CT molecular complexity index is 1110. The molecule has 0 aliphatic carbocycles. The summed E-state index contributed by atoms with van der Waals surface area (Å²) in [6.45, 7) is 0.0367. The molecule has 0 saturated carbocycles. The lowest BCUT2D eigenvalue weighted by Gasteiger charge is -2.24. The predicted molar refractivity (Wildman–Crippen MR) is 104 cm³/mol. The Labute approximate surface area is 170 Å². The van der Waals surface area contributed by atoms with Crippen molar-refractivity contribution in [1.82, 2.24) is 4.90 Å². The van der Waals surface area contributed by atoms with Crippen molar-refractivity contribution in [2.75, 3.05) is 0 Å². The Morgan fingerprint density at radius 3 is 2.52 bits per heavy atom. The number of halogens is 2. The smallest absolute Gasteiger partial charge is 0.296 e. The first-order chi connectivity index (χ1) is 14.0. The van der Waals surface area contributed by atoms with E-state index in [0.29, 0.717) is 16.3 Å². The van der Waals surface area contributed by atoms with Crippen LogP contribution in [0.3, 0.4) is 0 Å². The van der Waals surface area contributed by atoms with E-state index in [4.69, 9.17) is 16.0 Å². The highest BCUT2D eigenvalue weighted by Crippen LogP contribution is 2.40. The second-order valence-corrected chi connectivity index (χ2v) is 7.00. The van der Waals surface area contributed by atoms with E-state index in [0.717, 1.165) is 0 Å². The average molecular weight is 412 g/mol. The van der Waals surface area contributed by atoms with Crippen molar-refractivity contribution in [1.29, 1.82) is 0 Å². The summed E-state index contributed by atoms with van der Waals surface area (Å²) in [7, 11) is 0. The molecule has 0 radical (unpaired) electrons. The first-order valence-electron chi connectivity index (χ1n) is 8.78. The first-order valence-corrected chi connectivity index (χ1v) is 9.15. The summed E-state index contributed by atoms with van der Waals surface area (Å²) in [5.74, 6) is -1.97. The fourth-order valence-electron chi connectivity index (χ4n) is 3.40. The number of carbonyl (C=O) groups excluding carboxylic acids is 2. The average Bonchev–Trinajstić information content (AvgIpc) is 3.30. The molecule has 1 saturated heterocycles. The van der Waals surface area contributed by atoms with E-state index in [9.17, 15) is 19.1 Å². The molecule has 1 N–H and O–H groups in total. The van der Waals surface area contributed by atoms with Crippen molar-refractivity contribution in [2.45, 2.75) is 12.6 Å². The van der Waals surface area contributed by atoms with Crippen LogP contribution >= 0.6 is 11.6 Å². The predicted octanol–water partition coefficient (Wildman–Crippen LogP) is 4.69. The van der Waals surface area contributed by atoms with Crippen LogP contribution in [0.4, 0.5) is 4.39 Å². The van der Waals surface area contributed by atoms with Crippen molar-refractivity contribution in [2.24, 2.45) is 0 Å². The molecule has 1 fully saturated rings. The molecule has 146 valence electrons. The summed E-state index contributed by atoms with van der Waals surface area (Å²) in [4.78, 5) is 27.0. The summed E-state index contributed by atoms with van der Waals surface area (Å²) < 4.78 is 18.6. The molecule has 0 bridgehead atoms. The molecule has 1 atom stereocenters. The Kier molecular flexibility index (Phi) is 4.94. The van der Waals surface area contributed by atoms with E-state index >= 15 is 0 Å². The van der Waals surface area contributed by atoms with Crippen LogP contribution in [0.1, 0.15) is 22.9 Å². The second kappa shape index (κ2) is 7.56. The lowest BCUT2D eigenvalue weighted by Crippen LogP contribution is -2.29.